The molecule has 1 saturated heterocycles. The maximum atomic E-state index is 12.9. The van der Waals surface area contributed by atoms with Gasteiger partial charge < -0.3 is 15.0 Å². The van der Waals surface area contributed by atoms with Gasteiger partial charge in [0, 0.05) is 38.2 Å². The number of carbonyl (C=O) groups is 1. The fourth-order valence-electron chi connectivity index (χ4n) is 4.08. The van der Waals surface area contributed by atoms with Crippen LogP contribution in [-0.4, -0.2) is 52.1 Å². The van der Waals surface area contributed by atoms with Crippen molar-refractivity contribution in [2.75, 3.05) is 26.7 Å². The van der Waals surface area contributed by atoms with Crippen molar-refractivity contribution in [2.45, 2.75) is 31.7 Å². The molecule has 160 valence electrons. The molecule has 0 amide bonds. The van der Waals surface area contributed by atoms with E-state index in [4.69, 9.17) is 5.11 Å². The highest BCUT2D eigenvalue weighted by molar-refractivity contribution is 5.95. The number of aromatic nitrogens is 2. The number of hydrogen-bond acceptors (Lipinski definition) is 4. The van der Waals surface area contributed by atoms with Crippen LogP contribution in [0.15, 0.2) is 53.3 Å². The minimum Gasteiger partial charge on any atom is -0.400 e. The molecule has 30 heavy (non-hydrogen) atoms. The first-order valence-electron chi connectivity index (χ1n) is 10.3. The maximum Gasteiger partial charge on any atom is 0.326 e. The topological polar surface area (TPSA) is 78.3 Å². The van der Waals surface area contributed by atoms with Crippen LogP contribution < -0.4 is 5.69 Å². The predicted octanol–water partition coefficient (Wildman–Crippen LogP) is 3.38. The number of piperidine rings is 1. The molecule has 0 bridgehead atoms. The molecule has 1 aromatic heterocycles. The van der Waals surface area contributed by atoms with Gasteiger partial charge in [-0.1, -0.05) is 12.1 Å². The van der Waals surface area contributed by atoms with E-state index in [1.165, 1.54) is 12.1 Å². The van der Waals surface area contributed by atoms with Gasteiger partial charge in [0.25, 0.3) is 0 Å². The molecule has 0 unspecified atom stereocenters. The van der Waals surface area contributed by atoms with Crippen molar-refractivity contribution in [3.05, 3.63) is 70.4 Å². The molecular formula is C23H28FN3O3. The molecule has 0 saturated carbocycles. The molecule has 0 atom stereocenters. The Morgan fingerprint density at radius 2 is 1.77 bits per heavy atom. The van der Waals surface area contributed by atoms with Crippen LogP contribution in [0.1, 0.15) is 42.1 Å². The van der Waals surface area contributed by atoms with Gasteiger partial charge in [0.15, 0.2) is 5.78 Å². The van der Waals surface area contributed by atoms with Gasteiger partial charge in [-0.15, -0.1) is 0 Å². The monoisotopic (exact) mass is 413 g/mol. The smallest absolute Gasteiger partial charge is 0.326 e. The Labute approximate surface area is 175 Å². The molecule has 6 nitrogen and oxygen atoms in total. The zero-order chi connectivity index (χ0) is 21.5. The highest BCUT2D eigenvalue weighted by Crippen LogP contribution is 2.25. The summed E-state index contributed by atoms with van der Waals surface area (Å²) in [5, 5.41) is 7.00. The molecule has 2 heterocycles. The summed E-state index contributed by atoms with van der Waals surface area (Å²) in [6.45, 7) is 2.70. The lowest BCUT2D eigenvalue weighted by molar-refractivity contribution is 0.0970. The van der Waals surface area contributed by atoms with Crippen LogP contribution in [0.3, 0.4) is 0 Å². The Balaban J connectivity index is 0.00000124. The number of para-hydroxylation sites is 2. The second kappa shape index (κ2) is 10.3. The van der Waals surface area contributed by atoms with Crippen LogP contribution in [0.2, 0.25) is 0 Å². The Kier molecular flexibility index (Phi) is 7.54. The summed E-state index contributed by atoms with van der Waals surface area (Å²) in [6, 6.07) is 13.7. The fourth-order valence-corrected chi connectivity index (χ4v) is 4.08. The molecule has 2 aromatic carbocycles. The Morgan fingerprint density at radius 3 is 2.47 bits per heavy atom. The van der Waals surface area contributed by atoms with Crippen molar-refractivity contribution in [1.82, 2.24) is 14.5 Å². The number of likely N-dealkylation sites (tertiary alicyclic amines) is 1. The van der Waals surface area contributed by atoms with Crippen molar-refractivity contribution in [3.63, 3.8) is 0 Å². The minimum atomic E-state index is -0.325. The lowest BCUT2D eigenvalue weighted by atomic mass is 10.0. The zero-order valence-electron chi connectivity index (χ0n) is 17.2. The number of aliphatic hydroxyl groups excluding tert-OH is 1. The number of ketones is 1. The average molecular weight is 413 g/mol. The Bertz CT molecular complexity index is 1020. The van der Waals surface area contributed by atoms with Crippen molar-refractivity contribution in [3.8, 4) is 0 Å². The number of hydrogen-bond donors (Lipinski definition) is 2. The molecule has 0 spiro atoms. The molecule has 7 heteroatoms. The third-order valence-electron chi connectivity index (χ3n) is 5.59. The first-order chi connectivity index (χ1) is 14.6. The van der Waals surface area contributed by atoms with E-state index in [9.17, 15) is 14.0 Å². The summed E-state index contributed by atoms with van der Waals surface area (Å²) in [5.41, 5.74) is 2.38. The predicted molar refractivity (Wildman–Crippen MR) is 115 cm³/mol. The van der Waals surface area contributed by atoms with Crippen LogP contribution in [0, 0.1) is 5.82 Å². The molecule has 3 aromatic rings. The Hall–Kier alpha value is -2.77. The fraction of sp³-hybridized carbons (Fsp3) is 0.391. The van der Waals surface area contributed by atoms with Gasteiger partial charge in [0.1, 0.15) is 5.82 Å². The number of nitrogens with zero attached hydrogens (tertiary/aromatic N) is 2. The number of benzene rings is 2. The molecular weight excluding hydrogens is 385 g/mol. The molecule has 1 aliphatic heterocycles. The molecule has 1 aliphatic rings. The van der Waals surface area contributed by atoms with Crippen molar-refractivity contribution < 1.29 is 14.3 Å². The van der Waals surface area contributed by atoms with E-state index in [0.29, 0.717) is 12.0 Å². The first-order valence-corrected chi connectivity index (χ1v) is 10.3. The van der Waals surface area contributed by atoms with Gasteiger partial charge in [-0.2, -0.15) is 0 Å². The molecule has 0 aliphatic carbocycles. The molecule has 4 rings (SSSR count). The number of fused-ring (bicyclic) bond motifs is 1. The third-order valence-corrected chi connectivity index (χ3v) is 5.59. The average Bonchev–Trinajstić information content (AvgIpc) is 3.12. The van der Waals surface area contributed by atoms with Gasteiger partial charge in [-0.05, 0) is 62.2 Å². The van der Waals surface area contributed by atoms with Gasteiger partial charge in [-0.25, -0.2) is 9.18 Å². The number of aliphatic hydroxyl groups is 1. The summed E-state index contributed by atoms with van der Waals surface area (Å²) in [6.07, 6.45) is 3.10. The van der Waals surface area contributed by atoms with Crippen molar-refractivity contribution in [1.29, 1.82) is 0 Å². The number of carbonyl (C=O) groups excluding carboxylic acids is 1. The highest BCUT2D eigenvalue weighted by atomic mass is 19.1. The standard InChI is InChI=1S/C22H24FN3O2.CH4O/c23-17-9-7-16(8-10-17)21(27)6-3-13-25-14-11-18(12-15-25)26-20-5-2-1-4-19(20)24-22(26)28;1-2/h1-2,4-5,7-10,18H,3,6,11-15H2,(H,24,28);2H,1H3. The largest absolute Gasteiger partial charge is 0.400 e. The second-order valence-corrected chi connectivity index (χ2v) is 7.42. The summed E-state index contributed by atoms with van der Waals surface area (Å²) in [7, 11) is 1.00. The van der Waals surface area contributed by atoms with Gasteiger partial charge >= 0.3 is 5.69 Å². The van der Waals surface area contributed by atoms with Crippen LogP contribution in [-0.2, 0) is 0 Å². The summed E-state index contributed by atoms with van der Waals surface area (Å²) >= 11 is 0. The zero-order valence-corrected chi connectivity index (χ0v) is 17.2. The summed E-state index contributed by atoms with van der Waals surface area (Å²) < 4.78 is 14.8. The maximum absolute atomic E-state index is 12.9. The van der Waals surface area contributed by atoms with Gasteiger partial charge in [0.05, 0.1) is 11.0 Å². The van der Waals surface area contributed by atoms with Crippen molar-refractivity contribution in [2.24, 2.45) is 0 Å². The van der Waals surface area contributed by atoms with Crippen LogP contribution >= 0.6 is 0 Å². The minimum absolute atomic E-state index is 0.0375. The number of Topliss-reactive ketones (excluding diaryl/α,β-unsaturated/α-hetero) is 1. The molecule has 2 N–H and O–H groups in total. The summed E-state index contributed by atoms with van der Waals surface area (Å²) in [4.78, 5) is 29.8. The van der Waals surface area contributed by atoms with E-state index in [0.717, 1.165) is 57.0 Å². The third kappa shape index (κ3) is 5.04. The SMILES string of the molecule is CO.O=C(CCCN1CCC(n2c(=O)[nH]c3ccccc32)CC1)c1ccc(F)cc1. The summed E-state index contributed by atoms with van der Waals surface area (Å²) in [5.74, 6) is -0.269. The number of nitrogens with one attached hydrogen (secondary N) is 1. The van der Waals surface area contributed by atoms with E-state index in [2.05, 4.69) is 9.88 Å². The van der Waals surface area contributed by atoms with E-state index < -0.39 is 0 Å². The number of aromatic amines is 1. The highest BCUT2D eigenvalue weighted by Gasteiger charge is 2.23. The normalized spacial score (nSPS) is 15.0. The van der Waals surface area contributed by atoms with Crippen LogP contribution in [0.4, 0.5) is 4.39 Å². The van der Waals surface area contributed by atoms with Gasteiger partial charge in [-0.3, -0.25) is 9.36 Å². The number of imidazole rings is 1. The van der Waals surface area contributed by atoms with Crippen LogP contribution in [0.5, 0.6) is 0 Å². The number of rotatable bonds is 6. The second-order valence-electron chi connectivity index (χ2n) is 7.42. The van der Waals surface area contributed by atoms with E-state index in [1.54, 1.807) is 12.1 Å². The van der Waals surface area contributed by atoms with Crippen molar-refractivity contribution >= 4 is 16.8 Å². The lowest BCUT2D eigenvalue weighted by Crippen LogP contribution is -2.37. The van der Waals surface area contributed by atoms with Gasteiger partial charge in [0.2, 0.25) is 0 Å². The number of H-pyrrole nitrogens is 1. The first kappa shape index (κ1) is 21.9. The number of halogens is 1. The quantitative estimate of drug-likeness (QED) is 0.608. The lowest BCUT2D eigenvalue weighted by Gasteiger charge is -2.32. The van der Waals surface area contributed by atoms with E-state index in [1.807, 2.05) is 28.8 Å². The van der Waals surface area contributed by atoms with Crippen LogP contribution in [0.25, 0.3) is 11.0 Å². The van der Waals surface area contributed by atoms with E-state index >= 15 is 0 Å². The molecule has 0 radical (unpaired) electrons. The Morgan fingerprint density at radius 1 is 1.10 bits per heavy atom. The molecule has 1 fully saturated rings. The van der Waals surface area contributed by atoms with E-state index in [-0.39, 0.29) is 23.3 Å².